The van der Waals surface area contributed by atoms with Crippen LogP contribution >= 0.6 is 11.3 Å². The van der Waals surface area contributed by atoms with E-state index in [9.17, 15) is 4.79 Å². The van der Waals surface area contributed by atoms with Crippen LogP contribution in [0.2, 0.25) is 0 Å². The number of hydrogen-bond acceptors (Lipinski definition) is 4. The van der Waals surface area contributed by atoms with E-state index in [0.717, 1.165) is 22.4 Å². The fourth-order valence-electron chi connectivity index (χ4n) is 2.00. The molecule has 0 unspecified atom stereocenters. The van der Waals surface area contributed by atoms with Crippen LogP contribution in [0.25, 0.3) is 10.2 Å². The molecule has 0 amide bonds. The summed E-state index contributed by atoms with van der Waals surface area (Å²) < 4.78 is 6.41. The molecule has 102 valence electrons. The van der Waals surface area contributed by atoms with Gasteiger partial charge in [-0.1, -0.05) is 12.1 Å². The van der Waals surface area contributed by atoms with Crippen molar-refractivity contribution in [2.45, 2.75) is 20.5 Å². The van der Waals surface area contributed by atoms with E-state index >= 15 is 0 Å². The molecule has 1 aromatic carbocycles. The number of nitrogens with one attached hydrogen (secondary N) is 1. The summed E-state index contributed by atoms with van der Waals surface area (Å²) >= 11 is 1.39. The first-order valence-corrected chi connectivity index (χ1v) is 7.18. The third kappa shape index (κ3) is 2.44. The Labute approximate surface area is 120 Å². The maximum Gasteiger partial charge on any atom is 0.268 e. The quantitative estimate of drug-likeness (QED) is 0.804. The van der Waals surface area contributed by atoms with Crippen LogP contribution in [0.15, 0.2) is 34.4 Å². The second-order valence-electron chi connectivity index (χ2n) is 4.71. The standard InChI is InChI=1S/C15H14N2O2S/c1-9-3-4-10(2)12(7-9)19-8-13-16-11-5-6-20-14(11)15(18)17-13/h3-7H,8H2,1-2H3,(H,16,17,18). The van der Waals surface area contributed by atoms with Gasteiger partial charge in [-0.15, -0.1) is 11.3 Å². The molecule has 0 atom stereocenters. The minimum absolute atomic E-state index is 0.107. The highest BCUT2D eigenvalue weighted by Crippen LogP contribution is 2.20. The largest absolute Gasteiger partial charge is 0.485 e. The number of hydrogen-bond donors (Lipinski definition) is 1. The Morgan fingerprint density at radius 2 is 2.15 bits per heavy atom. The Morgan fingerprint density at radius 3 is 3.00 bits per heavy atom. The zero-order chi connectivity index (χ0) is 14.1. The van der Waals surface area contributed by atoms with Crippen molar-refractivity contribution in [3.05, 3.63) is 57.0 Å². The van der Waals surface area contributed by atoms with E-state index in [0.29, 0.717) is 10.5 Å². The summed E-state index contributed by atoms with van der Waals surface area (Å²) in [5, 5.41) is 1.86. The topological polar surface area (TPSA) is 55.0 Å². The average Bonchev–Trinajstić information content (AvgIpc) is 2.89. The van der Waals surface area contributed by atoms with Gasteiger partial charge in [-0.3, -0.25) is 4.79 Å². The lowest BCUT2D eigenvalue weighted by Gasteiger charge is -2.09. The molecule has 3 rings (SSSR count). The van der Waals surface area contributed by atoms with Crippen LogP contribution in [0.5, 0.6) is 5.75 Å². The second kappa shape index (κ2) is 5.09. The van der Waals surface area contributed by atoms with Crippen molar-refractivity contribution < 1.29 is 4.74 Å². The van der Waals surface area contributed by atoms with Gasteiger partial charge in [-0.25, -0.2) is 4.98 Å². The number of aryl methyl sites for hydroxylation is 2. The lowest BCUT2D eigenvalue weighted by atomic mass is 10.1. The van der Waals surface area contributed by atoms with E-state index in [4.69, 9.17) is 4.74 Å². The molecule has 2 aromatic heterocycles. The highest BCUT2D eigenvalue weighted by molar-refractivity contribution is 7.17. The molecule has 0 aliphatic heterocycles. The van der Waals surface area contributed by atoms with E-state index in [2.05, 4.69) is 9.97 Å². The van der Waals surface area contributed by atoms with E-state index < -0.39 is 0 Å². The number of fused-ring (bicyclic) bond motifs is 1. The number of aromatic nitrogens is 2. The van der Waals surface area contributed by atoms with Crippen molar-refractivity contribution in [1.82, 2.24) is 9.97 Å². The van der Waals surface area contributed by atoms with Crippen molar-refractivity contribution in [3.8, 4) is 5.75 Å². The highest BCUT2D eigenvalue weighted by atomic mass is 32.1. The van der Waals surface area contributed by atoms with Crippen LogP contribution in [0, 0.1) is 13.8 Å². The SMILES string of the molecule is Cc1ccc(C)c(OCc2nc3ccsc3c(=O)[nH]2)c1. The van der Waals surface area contributed by atoms with Gasteiger partial charge in [-0.05, 0) is 42.5 Å². The summed E-state index contributed by atoms with van der Waals surface area (Å²) in [7, 11) is 0. The molecule has 5 heteroatoms. The number of aromatic amines is 1. The van der Waals surface area contributed by atoms with Crippen molar-refractivity contribution in [3.63, 3.8) is 0 Å². The van der Waals surface area contributed by atoms with Gasteiger partial charge >= 0.3 is 0 Å². The molecular weight excluding hydrogens is 272 g/mol. The van der Waals surface area contributed by atoms with E-state index in [1.165, 1.54) is 11.3 Å². The van der Waals surface area contributed by atoms with Gasteiger partial charge in [0, 0.05) is 0 Å². The minimum Gasteiger partial charge on any atom is -0.485 e. The van der Waals surface area contributed by atoms with Crippen molar-refractivity contribution >= 4 is 21.6 Å². The zero-order valence-corrected chi connectivity index (χ0v) is 12.1. The molecule has 2 heterocycles. The monoisotopic (exact) mass is 286 g/mol. The fourth-order valence-corrected chi connectivity index (χ4v) is 2.72. The summed E-state index contributed by atoms with van der Waals surface area (Å²) in [4.78, 5) is 19.0. The third-order valence-electron chi connectivity index (χ3n) is 3.07. The predicted octanol–water partition coefficient (Wildman–Crippen LogP) is 3.18. The van der Waals surface area contributed by atoms with Gasteiger partial charge in [0.1, 0.15) is 22.9 Å². The average molecular weight is 286 g/mol. The van der Waals surface area contributed by atoms with Crippen LogP contribution in [-0.4, -0.2) is 9.97 Å². The van der Waals surface area contributed by atoms with Gasteiger partial charge in [-0.2, -0.15) is 0 Å². The Hall–Kier alpha value is -2.14. The highest BCUT2D eigenvalue weighted by Gasteiger charge is 2.06. The summed E-state index contributed by atoms with van der Waals surface area (Å²) in [6.45, 7) is 4.27. The van der Waals surface area contributed by atoms with E-state index in [1.807, 2.05) is 43.5 Å². The van der Waals surface area contributed by atoms with Gasteiger partial charge in [0.2, 0.25) is 0 Å². The zero-order valence-electron chi connectivity index (χ0n) is 11.3. The smallest absolute Gasteiger partial charge is 0.268 e. The van der Waals surface area contributed by atoms with Gasteiger partial charge in [0.15, 0.2) is 0 Å². The fraction of sp³-hybridized carbons (Fsp3) is 0.200. The lowest BCUT2D eigenvalue weighted by Crippen LogP contribution is -2.12. The molecule has 0 radical (unpaired) electrons. The van der Waals surface area contributed by atoms with Crippen molar-refractivity contribution in [2.75, 3.05) is 0 Å². The van der Waals surface area contributed by atoms with E-state index in [-0.39, 0.29) is 12.2 Å². The maximum atomic E-state index is 11.9. The molecule has 0 bridgehead atoms. The Bertz CT molecular complexity index is 820. The number of rotatable bonds is 3. The van der Waals surface area contributed by atoms with Crippen LogP contribution in [0.3, 0.4) is 0 Å². The molecule has 0 fully saturated rings. The third-order valence-corrected chi connectivity index (χ3v) is 3.97. The number of H-pyrrole nitrogens is 1. The predicted molar refractivity (Wildman–Crippen MR) is 80.5 cm³/mol. The summed E-state index contributed by atoms with van der Waals surface area (Å²) in [5.41, 5.74) is 2.82. The summed E-state index contributed by atoms with van der Waals surface area (Å²) in [6.07, 6.45) is 0. The Morgan fingerprint density at radius 1 is 1.30 bits per heavy atom. The number of thiophene rings is 1. The van der Waals surface area contributed by atoms with Crippen LogP contribution in [-0.2, 0) is 6.61 Å². The van der Waals surface area contributed by atoms with Gasteiger partial charge in [0.25, 0.3) is 5.56 Å². The molecule has 0 saturated heterocycles. The Balaban J connectivity index is 1.86. The number of benzene rings is 1. The number of nitrogens with zero attached hydrogens (tertiary/aromatic N) is 1. The minimum atomic E-state index is -0.107. The van der Waals surface area contributed by atoms with Crippen LogP contribution in [0.1, 0.15) is 17.0 Å². The first kappa shape index (κ1) is 12.9. The molecule has 1 N–H and O–H groups in total. The first-order valence-electron chi connectivity index (χ1n) is 6.30. The number of ether oxygens (including phenoxy) is 1. The van der Waals surface area contributed by atoms with E-state index in [1.54, 1.807) is 0 Å². The summed E-state index contributed by atoms with van der Waals surface area (Å²) in [6, 6.07) is 7.88. The molecule has 3 aromatic rings. The van der Waals surface area contributed by atoms with Crippen molar-refractivity contribution in [2.24, 2.45) is 0 Å². The van der Waals surface area contributed by atoms with Gasteiger partial charge in [0.05, 0.1) is 5.52 Å². The summed E-state index contributed by atoms with van der Waals surface area (Å²) in [5.74, 6) is 1.36. The van der Waals surface area contributed by atoms with Crippen LogP contribution < -0.4 is 10.3 Å². The Kier molecular flexibility index (Phi) is 3.28. The van der Waals surface area contributed by atoms with Gasteiger partial charge < -0.3 is 9.72 Å². The van der Waals surface area contributed by atoms with Crippen molar-refractivity contribution in [1.29, 1.82) is 0 Å². The molecule has 0 saturated carbocycles. The molecule has 4 nitrogen and oxygen atoms in total. The molecule has 20 heavy (non-hydrogen) atoms. The molecule has 0 aliphatic rings. The first-order chi connectivity index (χ1) is 9.63. The molecule has 0 aliphatic carbocycles. The second-order valence-corrected chi connectivity index (χ2v) is 5.62. The van der Waals surface area contributed by atoms with Crippen LogP contribution in [0.4, 0.5) is 0 Å². The molecular formula is C15H14N2O2S. The normalized spacial score (nSPS) is 10.9. The lowest BCUT2D eigenvalue weighted by molar-refractivity contribution is 0.294. The molecule has 0 spiro atoms. The maximum absolute atomic E-state index is 11.9.